The van der Waals surface area contributed by atoms with Gasteiger partial charge >= 0.3 is 0 Å². The largest absolute Gasteiger partial charge is 0.370 e. The Hall–Kier alpha value is -2.55. The third kappa shape index (κ3) is 3.98. The lowest BCUT2D eigenvalue weighted by molar-refractivity contribution is 0.387. The minimum atomic E-state index is 0.363. The van der Waals surface area contributed by atoms with E-state index in [1.54, 1.807) is 0 Å². The lowest BCUT2D eigenvalue weighted by Crippen LogP contribution is -2.29. The summed E-state index contributed by atoms with van der Waals surface area (Å²) in [5, 5.41) is 0. The normalized spacial score (nSPS) is 15.7. The summed E-state index contributed by atoms with van der Waals surface area (Å²) in [6, 6.07) is 8.96. The lowest BCUT2D eigenvalue weighted by Gasteiger charge is -2.34. The maximum Gasteiger partial charge on any atom is 0.0911 e. The summed E-state index contributed by atoms with van der Waals surface area (Å²) >= 11 is 0. The van der Waals surface area contributed by atoms with Crippen LogP contribution < -0.4 is 0 Å². The Morgan fingerprint density at radius 1 is 1.23 bits per heavy atom. The molecule has 0 fully saturated rings. The van der Waals surface area contributed by atoms with Crippen molar-refractivity contribution in [2.45, 2.75) is 40.3 Å². The van der Waals surface area contributed by atoms with Crippen LogP contribution in [-0.4, -0.2) is 36.7 Å². The third-order valence-corrected chi connectivity index (χ3v) is 4.90. The monoisotopic (exact) mass is 349 g/mol. The van der Waals surface area contributed by atoms with Crippen molar-refractivity contribution in [3.05, 3.63) is 76.7 Å². The van der Waals surface area contributed by atoms with Crippen LogP contribution in [0.25, 0.3) is 5.70 Å². The maximum atomic E-state index is 4.48. The summed E-state index contributed by atoms with van der Waals surface area (Å²) in [6.07, 6.45) is 8.31. The van der Waals surface area contributed by atoms with Crippen LogP contribution in [0.3, 0.4) is 0 Å². The van der Waals surface area contributed by atoms with Crippen molar-refractivity contribution in [3.8, 4) is 0 Å². The fourth-order valence-electron chi connectivity index (χ4n) is 3.26. The summed E-state index contributed by atoms with van der Waals surface area (Å²) in [4.78, 5) is 9.06. The van der Waals surface area contributed by atoms with E-state index in [0.29, 0.717) is 6.04 Å². The van der Waals surface area contributed by atoms with Gasteiger partial charge in [0.25, 0.3) is 0 Å². The number of hydrogen-bond acceptors (Lipinski definition) is 3. The second-order valence-corrected chi connectivity index (χ2v) is 6.97. The molecule has 1 aromatic carbocycles. The molecule has 1 aromatic rings. The number of benzene rings is 1. The fourth-order valence-corrected chi connectivity index (χ4v) is 3.26. The second-order valence-electron chi connectivity index (χ2n) is 6.97. The zero-order valence-corrected chi connectivity index (χ0v) is 17.0. The molecule has 0 saturated carbocycles. The van der Waals surface area contributed by atoms with E-state index in [-0.39, 0.29) is 0 Å². The molecule has 0 aliphatic carbocycles. The quantitative estimate of drug-likeness (QED) is 0.534. The highest BCUT2D eigenvalue weighted by molar-refractivity contribution is 5.75. The number of rotatable bonds is 5. The first-order valence-corrected chi connectivity index (χ1v) is 9.16. The van der Waals surface area contributed by atoms with Crippen molar-refractivity contribution >= 4 is 12.4 Å². The zero-order chi connectivity index (χ0) is 19.3. The standard InChI is InChI=1S/C23H31N3/c1-8-9-10-15-21-18(4)22(24-5)23(26(7)17(2)3)20-14-12-11-13-19(20)16-25(21)6/h8-15,17H,5,16H2,1-4,6-7H3/b9-8-,15-10-,21-18?,23-22?. The van der Waals surface area contributed by atoms with E-state index < -0.39 is 0 Å². The summed E-state index contributed by atoms with van der Waals surface area (Å²) in [6.45, 7) is 13.3. The van der Waals surface area contributed by atoms with Crippen molar-refractivity contribution in [2.75, 3.05) is 14.1 Å². The first-order valence-electron chi connectivity index (χ1n) is 9.16. The Balaban J connectivity index is 2.83. The summed E-state index contributed by atoms with van der Waals surface area (Å²) in [7, 11) is 4.27. The first kappa shape index (κ1) is 19.8. The van der Waals surface area contributed by atoms with E-state index in [1.807, 2.05) is 19.1 Å². The molecule has 138 valence electrons. The smallest absolute Gasteiger partial charge is 0.0911 e. The van der Waals surface area contributed by atoms with Gasteiger partial charge in [-0.15, -0.1) is 0 Å². The average molecular weight is 350 g/mol. The van der Waals surface area contributed by atoms with Gasteiger partial charge in [-0.3, -0.25) is 4.99 Å². The highest BCUT2D eigenvalue weighted by atomic mass is 15.2. The molecule has 1 heterocycles. The Morgan fingerprint density at radius 3 is 2.54 bits per heavy atom. The van der Waals surface area contributed by atoms with Crippen molar-refractivity contribution in [1.29, 1.82) is 0 Å². The number of allylic oxidation sites excluding steroid dienone is 5. The molecule has 0 unspecified atom stereocenters. The number of fused-ring (bicyclic) bond motifs is 1. The summed E-state index contributed by atoms with van der Waals surface area (Å²) < 4.78 is 0. The molecule has 2 rings (SSSR count). The van der Waals surface area contributed by atoms with Crippen LogP contribution in [0.1, 0.15) is 38.8 Å². The summed E-state index contributed by atoms with van der Waals surface area (Å²) in [5.41, 5.74) is 6.92. The minimum Gasteiger partial charge on any atom is -0.370 e. The van der Waals surface area contributed by atoms with E-state index in [1.165, 1.54) is 11.1 Å². The number of nitrogens with zero attached hydrogens (tertiary/aromatic N) is 3. The van der Waals surface area contributed by atoms with Gasteiger partial charge in [-0.1, -0.05) is 42.5 Å². The molecule has 0 amide bonds. The van der Waals surface area contributed by atoms with Crippen LogP contribution in [0.4, 0.5) is 0 Å². The molecule has 3 nitrogen and oxygen atoms in total. The number of likely N-dealkylation sites (N-methyl/N-ethyl adjacent to an activating group) is 1. The first-order chi connectivity index (χ1) is 12.4. The highest BCUT2D eigenvalue weighted by Crippen LogP contribution is 2.35. The molecule has 1 aliphatic rings. The van der Waals surface area contributed by atoms with Crippen LogP contribution in [0, 0.1) is 0 Å². The van der Waals surface area contributed by atoms with Gasteiger partial charge in [0.2, 0.25) is 0 Å². The lowest BCUT2D eigenvalue weighted by atomic mass is 9.95. The number of hydrogen-bond donors (Lipinski definition) is 0. The Kier molecular flexibility index (Phi) is 6.62. The van der Waals surface area contributed by atoms with E-state index >= 15 is 0 Å². The van der Waals surface area contributed by atoms with Gasteiger partial charge in [0.1, 0.15) is 0 Å². The van der Waals surface area contributed by atoms with Crippen molar-refractivity contribution in [2.24, 2.45) is 4.99 Å². The Bertz CT molecular complexity index is 778. The Morgan fingerprint density at radius 2 is 1.92 bits per heavy atom. The van der Waals surface area contributed by atoms with Crippen LogP contribution in [0.2, 0.25) is 0 Å². The molecule has 26 heavy (non-hydrogen) atoms. The van der Waals surface area contributed by atoms with Gasteiger partial charge in [0.15, 0.2) is 0 Å². The van der Waals surface area contributed by atoms with E-state index in [0.717, 1.165) is 29.2 Å². The van der Waals surface area contributed by atoms with Gasteiger partial charge in [-0.05, 0) is 46.1 Å². The topological polar surface area (TPSA) is 18.8 Å². The fraction of sp³-hybridized carbons (Fsp3) is 0.348. The molecule has 3 heteroatoms. The van der Waals surface area contributed by atoms with Crippen LogP contribution in [0.15, 0.2) is 70.5 Å². The van der Waals surface area contributed by atoms with Crippen molar-refractivity contribution in [1.82, 2.24) is 9.80 Å². The maximum absolute atomic E-state index is 4.48. The molecular weight excluding hydrogens is 318 g/mol. The van der Waals surface area contributed by atoms with Gasteiger partial charge < -0.3 is 9.80 Å². The predicted octanol–water partition coefficient (Wildman–Crippen LogP) is 5.25. The second kappa shape index (κ2) is 8.70. The van der Waals surface area contributed by atoms with E-state index in [4.69, 9.17) is 0 Å². The third-order valence-electron chi connectivity index (χ3n) is 4.90. The van der Waals surface area contributed by atoms with E-state index in [9.17, 15) is 0 Å². The predicted molar refractivity (Wildman–Crippen MR) is 114 cm³/mol. The zero-order valence-electron chi connectivity index (χ0n) is 17.0. The molecule has 0 radical (unpaired) electrons. The van der Waals surface area contributed by atoms with Crippen molar-refractivity contribution < 1.29 is 0 Å². The average Bonchev–Trinajstić information content (AvgIpc) is 2.62. The van der Waals surface area contributed by atoms with Gasteiger partial charge in [-0.25, -0.2) is 0 Å². The van der Waals surface area contributed by atoms with E-state index in [2.05, 4.69) is 92.8 Å². The number of aliphatic imine (C=N–C) groups is 1. The molecule has 0 atom stereocenters. The molecule has 1 aliphatic heterocycles. The van der Waals surface area contributed by atoms with Gasteiger partial charge in [-0.2, -0.15) is 0 Å². The SMILES string of the molecule is C=NC1=C(N(C)C(C)C)c2ccccc2CN(C)C(/C=C\C=C/C)=C1C. The molecule has 0 bridgehead atoms. The van der Waals surface area contributed by atoms with Crippen LogP contribution in [-0.2, 0) is 6.54 Å². The van der Waals surface area contributed by atoms with Crippen molar-refractivity contribution in [3.63, 3.8) is 0 Å². The minimum absolute atomic E-state index is 0.363. The highest BCUT2D eigenvalue weighted by Gasteiger charge is 2.24. The molecule has 0 aromatic heterocycles. The molecule has 0 spiro atoms. The summed E-state index contributed by atoms with van der Waals surface area (Å²) in [5.74, 6) is 0. The molecular formula is C23H31N3. The van der Waals surface area contributed by atoms with Crippen LogP contribution in [0.5, 0.6) is 0 Å². The Labute approximate surface area is 158 Å². The molecule has 0 N–H and O–H groups in total. The van der Waals surface area contributed by atoms with Gasteiger partial charge in [0, 0.05) is 43.5 Å². The van der Waals surface area contributed by atoms with Crippen LogP contribution >= 0.6 is 0 Å². The van der Waals surface area contributed by atoms with Gasteiger partial charge in [0.05, 0.1) is 11.4 Å². The molecule has 0 saturated heterocycles.